The summed E-state index contributed by atoms with van der Waals surface area (Å²) in [5.74, 6) is 1.61. The molecule has 1 aromatic rings. The summed E-state index contributed by atoms with van der Waals surface area (Å²) in [6.45, 7) is 9.14. The molecule has 29 heavy (non-hydrogen) atoms. The van der Waals surface area contributed by atoms with Crippen LogP contribution in [0.15, 0.2) is 29.3 Å². The number of aliphatic imine (C=N–C) groups is 1. The quantitative estimate of drug-likeness (QED) is 0.583. The first-order chi connectivity index (χ1) is 13.9. The molecule has 1 aromatic carbocycles. The minimum atomic E-state index is -0.504. The van der Waals surface area contributed by atoms with E-state index in [1.165, 1.54) is 43.2 Å². The predicted octanol–water partition coefficient (Wildman–Crippen LogP) is 4.62. The summed E-state index contributed by atoms with van der Waals surface area (Å²) in [6.07, 6.45) is 10.4. The van der Waals surface area contributed by atoms with E-state index in [-0.39, 0.29) is 6.04 Å². The highest BCUT2D eigenvalue weighted by atomic mass is 16.5. The predicted molar refractivity (Wildman–Crippen MR) is 124 cm³/mol. The molecule has 5 N–H and O–H groups in total. The van der Waals surface area contributed by atoms with Crippen LogP contribution in [0.4, 0.5) is 0 Å². The second-order valence-corrected chi connectivity index (χ2v) is 8.48. The van der Waals surface area contributed by atoms with Crippen LogP contribution in [0.3, 0.4) is 0 Å². The van der Waals surface area contributed by atoms with Crippen molar-refractivity contribution in [3.8, 4) is 0 Å². The Labute approximate surface area is 177 Å². The van der Waals surface area contributed by atoms with Gasteiger partial charge in [-0.3, -0.25) is 5.73 Å². The van der Waals surface area contributed by atoms with Crippen molar-refractivity contribution in [1.29, 1.82) is 0 Å². The lowest BCUT2D eigenvalue weighted by molar-refractivity contribution is 0.266. The van der Waals surface area contributed by atoms with Crippen molar-refractivity contribution >= 4 is 11.6 Å². The van der Waals surface area contributed by atoms with Gasteiger partial charge in [0.05, 0.1) is 0 Å². The molecule has 0 spiro atoms. The topological polar surface area (TPSA) is 85.7 Å². The average Bonchev–Trinajstić information content (AvgIpc) is 2.65. The zero-order chi connectivity index (χ0) is 21.2. The molecule has 0 aromatic heterocycles. The first-order valence-electron chi connectivity index (χ1n) is 11.2. The van der Waals surface area contributed by atoms with Crippen molar-refractivity contribution in [2.24, 2.45) is 22.4 Å². The van der Waals surface area contributed by atoms with Gasteiger partial charge in [-0.25, -0.2) is 4.99 Å². The molecule has 0 saturated heterocycles. The highest BCUT2D eigenvalue weighted by Crippen LogP contribution is 2.24. The normalized spacial score (nSPS) is 19.7. The number of nitrogens with two attached hydrogens (primary N) is 2. The van der Waals surface area contributed by atoms with E-state index in [4.69, 9.17) is 16.2 Å². The number of hydrogen-bond donors (Lipinski definition) is 3. The number of ether oxygens (including phenoxy) is 1. The number of benzene rings is 1. The van der Waals surface area contributed by atoms with Gasteiger partial charge < -0.3 is 15.8 Å². The molecule has 1 saturated carbocycles. The maximum atomic E-state index is 6.11. The van der Waals surface area contributed by atoms with Crippen molar-refractivity contribution < 1.29 is 4.74 Å². The van der Waals surface area contributed by atoms with E-state index in [2.05, 4.69) is 56.2 Å². The van der Waals surface area contributed by atoms with Crippen LogP contribution in [0.2, 0.25) is 0 Å². The van der Waals surface area contributed by atoms with E-state index < -0.39 is 6.29 Å². The molecule has 0 amide bonds. The molecule has 162 valence electrons. The van der Waals surface area contributed by atoms with E-state index in [1.54, 1.807) is 0 Å². The number of aryl methyl sites for hydroxylation is 2. The van der Waals surface area contributed by atoms with Crippen LogP contribution in [0.1, 0.15) is 75.5 Å². The fourth-order valence-corrected chi connectivity index (χ4v) is 3.54. The van der Waals surface area contributed by atoms with Crippen LogP contribution in [0, 0.1) is 19.8 Å². The fourth-order valence-electron chi connectivity index (χ4n) is 3.54. The molecule has 5 nitrogen and oxygen atoms in total. The summed E-state index contributed by atoms with van der Waals surface area (Å²) in [5, 5.41) is 3.21. The molecular formula is C24H40N4O. The van der Waals surface area contributed by atoms with Gasteiger partial charge in [-0.2, -0.15) is 0 Å². The van der Waals surface area contributed by atoms with E-state index in [0.29, 0.717) is 12.5 Å². The van der Waals surface area contributed by atoms with Gasteiger partial charge in [-0.1, -0.05) is 70.6 Å². The van der Waals surface area contributed by atoms with E-state index in [9.17, 15) is 0 Å². The summed E-state index contributed by atoms with van der Waals surface area (Å²) < 4.78 is 5.81. The van der Waals surface area contributed by atoms with Crippen LogP contribution < -0.4 is 16.8 Å². The monoisotopic (exact) mass is 400 g/mol. The molecule has 1 aliphatic carbocycles. The van der Waals surface area contributed by atoms with E-state index >= 15 is 0 Å². The van der Waals surface area contributed by atoms with Crippen molar-refractivity contribution in [1.82, 2.24) is 5.32 Å². The maximum Gasteiger partial charge on any atom is 0.213 e. The lowest BCUT2D eigenvalue weighted by Crippen LogP contribution is -2.39. The molecule has 2 atom stereocenters. The third-order valence-corrected chi connectivity index (χ3v) is 5.61. The van der Waals surface area contributed by atoms with Crippen LogP contribution in [-0.2, 0) is 4.74 Å². The second kappa shape index (κ2) is 12.0. The van der Waals surface area contributed by atoms with Crippen molar-refractivity contribution in [3.63, 3.8) is 0 Å². The van der Waals surface area contributed by atoms with Gasteiger partial charge in [0.1, 0.15) is 6.61 Å². The summed E-state index contributed by atoms with van der Waals surface area (Å²) >= 11 is 0. The highest BCUT2D eigenvalue weighted by Gasteiger charge is 2.18. The minimum Gasteiger partial charge on any atom is -0.476 e. The zero-order valence-electron chi connectivity index (χ0n) is 18.7. The Morgan fingerprint density at radius 1 is 1.21 bits per heavy atom. The lowest BCUT2D eigenvalue weighted by Gasteiger charge is -2.24. The summed E-state index contributed by atoms with van der Waals surface area (Å²) in [6, 6.07) is 6.26. The standard InChI is InChI=1S/C19H30N4O.C5H10/c1-4-5-6-10-15(20)12-24-17-11-16(22-19(21)23-17)18-13(2)8-7-9-14(18)3;1-5-3-2-4-5/h7-9,11,15,19,22H,4-6,10,12,20-21H2,1-3H3;5H,2-4H2,1H3. The number of rotatable bonds is 7. The SMILES string of the molecule is CC1CCC1.CCCCCC(N)COC1=NC(N)NC(c2c(C)cccc2C)=C1. The number of nitrogens with one attached hydrogen (secondary N) is 1. The first kappa shape index (κ1) is 23.4. The Balaban J connectivity index is 0.000000521. The van der Waals surface area contributed by atoms with E-state index in [1.807, 2.05) is 6.08 Å². The van der Waals surface area contributed by atoms with Gasteiger partial charge in [0.15, 0.2) is 6.29 Å². The molecule has 2 aliphatic rings. The molecular weight excluding hydrogens is 360 g/mol. The Bertz CT molecular complexity index is 674. The Kier molecular flexibility index (Phi) is 9.68. The van der Waals surface area contributed by atoms with Crippen molar-refractivity contribution in [3.05, 3.63) is 41.0 Å². The third kappa shape index (κ3) is 7.82. The van der Waals surface area contributed by atoms with Crippen LogP contribution in [0.25, 0.3) is 5.70 Å². The summed E-state index contributed by atoms with van der Waals surface area (Å²) in [5.41, 5.74) is 16.6. The van der Waals surface area contributed by atoms with Gasteiger partial charge >= 0.3 is 0 Å². The lowest BCUT2D eigenvalue weighted by atomic mass is 9.88. The molecule has 2 unspecified atom stereocenters. The number of hydrogen-bond acceptors (Lipinski definition) is 5. The third-order valence-electron chi connectivity index (χ3n) is 5.61. The van der Waals surface area contributed by atoms with Crippen LogP contribution >= 0.6 is 0 Å². The molecule has 5 heteroatoms. The van der Waals surface area contributed by atoms with Gasteiger partial charge in [0, 0.05) is 23.4 Å². The summed E-state index contributed by atoms with van der Waals surface area (Å²) in [7, 11) is 0. The zero-order valence-corrected chi connectivity index (χ0v) is 18.7. The number of nitrogens with zero attached hydrogens (tertiary/aromatic N) is 1. The summed E-state index contributed by atoms with van der Waals surface area (Å²) in [4.78, 5) is 4.31. The Morgan fingerprint density at radius 2 is 1.86 bits per heavy atom. The largest absolute Gasteiger partial charge is 0.476 e. The fraction of sp³-hybridized carbons (Fsp3) is 0.625. The van der Waals surface area contributed by atoms with Gasteiger partial charge in [0.25, 0.3) is 0 Å². The smallest absolute Gasteiger partial charge is 0.213 e. The molecule has 0 radical (unpaired) electrons. The van der Waals surface area contributed by atoms with Gasteiger partial charge in [-0.05, 0) is 37.3 Å². The van der Waals surface area contributed by atoms with Gasteiger partial charge in [0.2, 0.25) is 5.90 Å². The Morgan fingerprint density at radius 3 is 2.41 bits per heavy atom. The maximum absolute atomic E-state index is 6.11. The van der Waals surface area contributed by atoms with Crippen LogP contribution in [0.5, 0.6) is 0 Å². The van der Waals surface area contributed by atoms with Gasteiger partial charge in [-0.15, -0.1) is 0 Å². The van der Waals surface area contributed by atoms with Crippen molar-refractivity contribution in [2.75, 3.05) is 6.61 Å². The molecule has 0 bridgehead atoms. The molecule has 3 rings (SSSR count). The first-order valence-corrected chi connectivity index (χ1v) is 11.2. The highest BCUT2D eigenvalue weighted by molar-refractivity contribution is 5.97. The second-order valence-electron chi connectivity index (χ2n) is 8.48. The number of unbranched alkanes of at least 4 members (excludes halogenated alkanes) is 2. The Hall–Kier alpha value is -1.85. The van der Waals surface area contributed by atoms with Crippen LogP contribution in [-0.4, -0.2) is 24.8 Å². The average molecular weight is 401 g/mol. The molecule has 1 fully saturated rings. The molecule has 1 heterocycles. The van der Waals surface area contributed by atoms with E-state index in [0.717, 1.165) is 30.0 Å². The minimum absolute atomic E-state index is 0.0300. The molecule has 1 aliphatic heterocycles. The van der Waals surface area contributed by atoms with Crippen molar-refractivity contribution in [2.45, 2.75) is 85.0 Å².